The largest absolute Gasteiger partial charge is 0.452 e. The molecule has 1 aromatic carbocycles. The lowest BCUT2D eigenvalue weighted by atomic mass is 9.78. The van der Waals surface area contributed by atoms with Gasteiger partial charge in [-0.15, -0.1) is 0 Å². The van der Waals surface area contributed by atoms with Crippen LogP contribution in [0.4, 0.5) is 4.39 Å². The van der Waals surface area contributed by atoms with Crippen LogP contribution in [0.2, 0.25) is 0 Å². The molecule has 2 aliphatic rings. The number of hydrogen-bond donors (Lipinski definition) is 1. The molecule has 1 heterocycles. The zero-order valence-electron chi connectivity index (χ0n) is 18.1. The third-order valence-corrected chi connectivity index (χ3v) is 8.40. The highest BCUT2D eigenvalue weighted by Gasteiger charge is 2.30. The number of piperidine rings is 1. The molecule has 1 saturated carbocycles. The zero-order chi connectivity index (χ0) is 22.6. The van der Waals surface area contributed by atoms with E-state index in [-0.39, 0.29) is 11.6 Å². The van der Waals surface area contributed by atoms with Gasteiger partial charge in [-0.2, -0.15) is 4.31 Å². The molecule has 0 spiro atoms. The normalized spacial score (nSPS) is 25.1. The molecule has 1 aliphatic carbocycles. The van der Waals surface area contributed by atoms with Crippen molar-refractivity contribution in [3.05, 3.63) is 29.6 Å². The van der Waals surface area contributed by atoms with Crippen LogP contribution in [-0.2, 0) is 19.6 Å². The summed E-state index contributed by atoms with van der Waals surface area (Å²) < 4.78 is 46.2. The van der Waals surface area contributed by atoms with Crippen LogP contribution in [-0.4, -0.2) is 50.3 Å². The van der Waals surface area contributed by atoms with Gasteiger partial charge in [0.2, 0.25) is 10.0 Å². The number of esters is 1. The number of rotatable bonds is 6. The van der Waals surface area contributed by atoms with Crippen molar-refractivity contribution in [3.63, 3.8) is 0 Å². The van der Waals surface area contributed by atoms with E-state index in [4.69, 9.17) is 4.74 Å². The summed E-state index contributed by atoms with van der Waals surface area (Å²) in [6.07, 6.45) is 5.43. The number of halogens is 1. The number of nitrogens with one attached hydrogen (secondary N) is 1. The second-order valence-electron chi connectivity index (χ2n) is 8.63. The Kier molecular flexibility index (Phi) is 7.69. The number of nitrogens with zero attached hydrogens (tertiary/aromatic N) is 1. The number of sulfonamides is 1. The highest BCUT2D eigenvalue weighted by molar-refractivity contribution is 7.89. The Balaban J connectivity index is 1.63. The van der Waals surface area contributed by atoms with E-state index in [1.54, 1.807) is 0 Å². The summed E-state index contributed by atoms with van der Waals surface area (Å²) in [4.78, 5) is 24.1. The summed E-state index contributed by atoms with van der Waals surface area (Å²) in [5.41, 5.74) is -0.107. The highest BCUT2D eigenvalue weighted by Crippen LogP contribution is 2.29. The fraction of sp³-hybridized carbons (Fsp3) is 0.636. The van der Waals surface area contributed by atoms with Crippen LogP contribution < -0.4 is 5.32 Å². The summed E-state index contributed by atoms with van der Waals surface area (Å²) in [5, 5.41) is 2.91. The molecule has 1 N–H and O–H groups in total. The SMILES string of the molecule is C[C@H]1[C@H](C)CCC[C@H]1NC(=O)COC(=O)c1ccc(F)c(S(=O)(=O)N2CCCCC2)c1. The average molecular weight is 455 g/mol. The van der Waals surface area contributed by atoms with E-state index < -0.39 is 39.2 Å². The number of ether oxygens (including phenoxy) is 1. The Morgan fingerprint density at radius 2 is 1.84 bits per heavy atom. The predicted octanol–water partition coefficient (Wildman–Crippen LogP) is 3.10. The minimum atomic E-state index is -4.04. The lowest BCUT2D eigenvalue weighted by Crippen LogP contribution is -2.45. The first-order chi connectivity index (χ1) is 14.7. The van der Waals surface area contributed by atoms with Gasteiger partial charge in [-0.3, -0.25) is 4.79 Å². The highest BCUT2D eigenvalue weighted by atomic mass is 32.2. The molecule has 3 atom stereocenters. The van der Waals surface area contributed by atoms with Gasteiger partial charge in [0.1, 0.15) is 10.7 Å². The Labute approximate surface area is 183 Å². The van der Waals surface area contributed by atoms with Crippen molar-refractivity contribution in [1.82, 2.24) is 9.62 Å². The molecule has 3 rings (SSSR count). The van der Waals surface area contributed by atoms with Crippen LogP contribution >= 0.6 is 0 Å². The molecule has 0 aromatic heterocycles. The van der Waals surface area contributed by atoms with Crippen LogP contribution in [0.5, 0.6) is 0 Å². The van der Waals surface area contributed by atoms with Crippen LogP contribution in [0.1, 0.15) is 62.7 Å². The minimum Gasteiger partial charge on any atom is -0.452 e. The van der Waals surface area contributed by atoms with E-state index in [2.05, 4.69) is 19.2 Å². The van der Waals surface area contributed by atoms with Crippen molar-refractivity contribution < 1.29 is 27.1 Å². The average Bonchev–Trinajstić information content (AvgIpc) is 2.76. The van der Waals surface area contributed by atoms with Crippen LogP contribution in [0.3, 0.4) is 0 Å². The monoisotopic (exact) mass is 454 g/mol. The molecular weight excluding hydrogens is 423 g/mol. The number of benzene rings is 1. The Morgan fingerprint density at radius 3 is 2.55 bits per heavy atom. The zero-order valence-corrected chi connectivity index (χ0v) is 18.9. The first-order valence-corrected chi connectivity index (χ1v) is 12.4. The van der Waals surface area contributed by atoms with E-state index in [9.17, 15) is 22.4 Å². The predicted molar refractivity (Wildman–Crippen MR) is 113 cm³/mol. The molecule has 7 nitrogen and oxygen atoms in total. The number of carbonyl (C=O) groups excluding carboxylic acids is 2. The summed E-state index contributed by atoms with van der Waals surface area (Å²) in [6.45, 7) is 4.45. The summed E-state index contributed by atoms with van der Waals surface area (Å²) in [6, 6.07) is 3.14. The van der Waals surface area contributed by atoms with Gasteiger partial charge in [-0.05, 0) is 49.3 Å². The van der Waals surface area contributed by atoms with Gasteiger partial charge >= 0.3 is 5.97 Å². The molecule has 1 saturated heterocycles. The summed E-state index contributed by atoms with van der Waals surface area (Å²) >= 11 is 0. The fourth-order valence-electron chi connectivity index (χ4n) is 4.32. The third kappa shape index (κ3) is 5.63. The van der Waals surface area contributed by atoms with Gasteiger partial charge in [0.25, 0.3) is 5.91 Å². The van der Waals surface area contributed by atoms with E-state index in [0.717, 1.165) is 56.7 Å². The van der Waals surface area contributed by atoms with Crippen molar-refractivity contribution in [3.8, 4) is 0 Å². The van der Waals surface area contributed by atoms with E-state index in [0.29, 0.717) is 24.9 Å². The fourth-order valence-corrected chi connectivity index (χ4v) is 5.93. The minimum absolute atomic E-state index is 0.0436. The van der Waals surface area contributed by atoms with Crippen molar-refractivity contribution in [1.29, 1.82) is 0 Å². The lowest BCUT2D eigenvalue weighted by molar-refractivity contribution is -0.125. The van der Waals surface area contributed by atoms with Crippen LogP contribution in [0, 0.1) is 17.7 Å². The number of carbonyl (C=O) groups is 2. The second kappa shape index (κ2) is 10.1. The van der Waals surface area contributed by atoms with Crippen molar-refractivity contribution >= 4 is 21.9 Å². The van der Waals surface area contributed by atoms with Gasteiger partial charge in [0, 0.05) is 19.1 Å². The lowest BCUT2D eigenvalue weighted by Gasteiger charge is -2.34. The molecule has 0 unspecified atom stereocenters. The topological polar surface area (TPSA) is 92.8 Å². The van der Waals surface area contributed by atoms with Crippen LogP contribution in [0.25, 0.3) is 0 Å². The molecule has 172 valence electrons. The Morgan fingerprint density at radius 1 is 1.13 bits per heavy atom. The van der Waals surface area contributed by atoms with Crippen LogP contribution in [0.15, 0.2) is 23.1 Å². The van der Waals surface area contributed by atoms with Gasteiger partial charge in [0.05, 0.1) is 5.56 Å². The van der Waals surface area contributed by atoms with Gasteiger partial charge in [-0.25, -0.2) is 17.6 Å². The van der Waals surface area contributed by atoms with Crippen molar-refractivity contribution in [2.45, 2.75) is 63.3 Å². The number of amides is 1. The number of hydrogen-bond acceptors (Lipinski definition) is 5. The molecule has 1 aromatic rings. The van der Waals surface area contributed by atoms with Crippen molar-refractivity contribution in [2.75, 3.05) is 19.7 Å². The molecule has 9 heteroatoms. The van der Waals surface area contributed by atoms with Crippen molar-refractivity contribution in [2.24, 2.45) is 11.8 Å². The molecular formula is C22H31FN2O5S. The van der Waals surface area contributed by atoms with Gasteiger partial charge < -0.3 is 10.1 Å². The summed E-state index contributed by atoms with van der Waals surface area (Å²) in [5.74, 6) is -1.33. The smallest absolute Gasteiger partial charge is 0.338 e. The third-order valence-electron chi connectivity index (χ3n) is 6.49. The Bertz CT molecular complexity index is 914. The maximum absolute atomic E-state index is 14.3. The maximum Gasteiger partial charge on any atom is 0.338 e. The molecule has 2 fully saturated rings. The van der Waals surface area contributed by atoms with Gasteiger partial charge in [-0.1, -0.05) is 33.1 Å². The first kappa shape index (κ1) is 23.7. The second-order valence-corrected chi connectivity index (χ2v) is 10.5. The molecule has 31 heavy (non-hydrogen) atoms. The molecule has 0 bridgehead atoms. The Hall–Kier alpha value is -2.00. The van der Waals surface area contributed by atoms with E-state index in [1.807, 2.05) is 0 Å². The molecule has 1 aliphatic heterocycles. The van der Waals surface area contributed by atoms with E-state index >= 15 is 0 Å². The summed E-state index contributed by atoms with van der Waals surface area (Å²) in [7, 11) is -4.04. The molecule has 1 amide bonds. The first-order valence-electron chi connectivity index (χ1n) is 11.0. The molecule has 0 radical (unpaired) electrons. The van der Waals surface area contributed by atoms with Gasteiger partial charge in [0.15, 0.2) is 6.61 Å². The van der Waals surface area contributed by atoms with E-state index in [1.165, 1.54) is 4.31 Å². The standard InChI is InChI=1S/C22H31FN2O5S/c1-15-7-6-8-19(16(15)2)24-21(26)14-30-22(27)17-9-10-18(23)20(13-17)31(28,29)25-11-4-3-5-12-25/h9-10,13,15-16,19H,3-8,11-12,14H2,1-2H3,(H,24,26)/t15-,16+,19-/m1/s1. The quantitative estimate of drug-likeness (QED) is 0.667. The maximum atomic E-state index is 14.3.